The molecule has 0 saturated heterocycles. The number of benzene rings is 3. The van der Waals surface area contributed by atoms with Crippen LogP contribution in [0.3, 0.4) is 0 Å². The first-order valence-corrected chi connectivity index (χ1v) is 10.1. The zero-order valence-electron chi connectivity index (χ0n) is 16.9. The molecule has 1 aromatic heterocycles. The molecule has 3 aromatic carbocycles. The third-order valence-corrected chi connectivity index (χ3v) is 5.59. The summed E-state index contributed by atoms with van der Waals surface area (Å²) >= 11 is 5.88. The van der Waals surface area contributed by atoms with Gasteiger partial charge in [0.25, 0.3) is 5.91 Å². The zero-order valence-corrected chi connectivity index (χ0v) is 17.6. The van der Waals surface area contributed by atoms with E-state index in [0.29, 0.717) is 10.6 Å². The van der Waals surface area contributed by atoms with Crippen molar-refractivity contribution in [3.05, 3.63) is 106 Å². The van der Waals surface area contributed by atoms with Crippen LogP contribution in [0.5, 0.6) is 0 Å². The fourth-order valence-electron chi connectivity index (χ4n) is 3.54. The van der Waals surface area contributed by atoms with Gasteiger partial charge in [-0.05, 0) is 60.9 Å². The normalized spacial score (nSPS) is 11.3. The quantitative estimate of drug-likeness (QED) is 0.328. The number of hydrazone groups is 1. The van der Waals surface area contributed by atoms with Crippen LogP contribution in [-0.2, 0) is 6.54 Å². The number of carbonyl (C=O) groups excluding carboxylic acids is 1. The molecular weight excluding hydrogens is 394 g/mol. The molecule has 0 spiro atoms. The predicted molar refractivity (Wildman–Crippen MR) is 123 cm³/mol. The molecule has 0 aliphatic carbocycles. The van der Waals surface area contributed by atoms with E-state index < -0.39 is 0 Å². The summed E-state index contributed by atoms with van der Waals surface area (Å²) < 4.78 is 2.29. The number of rotatable bonds is 5. The van der Waals surface area contributed by atoms with Gasteiger partial charge in [-0.1, -0.05) is 54.1 Å². The second-order valence-corrected chi connectivity index (χ2v) is 7.70. The molecule has 150 valence electrons. The van der Waals surface area contributed by atoms with E-state index >= 15 is 0 Å². The standard InChI is InChI=1S/C25H22ClN3O/c1-17-18(2)29(16-20-6-4-3-5-7-20)24-13-10-21(14-23(17)24)25(30)28-27-15-19-8-11-22(26)12-9-19/h3-15H,16H2,1-2H3,(H,28,30)/b27-15-. The molecule has 30 heavy (non-hydrogen) atoms. The summed E-state index contributed by atoms with van der Waals surface area (Å²) in [5.41, 5.74) is 8.79. The number of halogens is 1. The van der Waals surface area contributed by atoms with E-state index in [-0.39, 0.29) is 5.91 Å². The van der Waals surface area contributed by atoms with E-state index in [1.54, 1.807) is 18.3 Å². The van der Waals surface area contributed by atoms with Crippen molar-refractivity contribution < 1.29 is 4.79 Å². The summed E-state index contributed by atoms with van der Waals surface area (Å²) in [6.45, 7) is 5.02. The van der Waals surface area contributed by atoms with Crippen molar-refractivity contribution in [2.75, 3.05) is 0 Å². The highest BCUT2D eigenvalue weighted by Gasteiger charge is 2.14. The summed E-state index contributed by atoms with van der Waals surface area (Å²) in [5.74, 6) is -0.241. The molecule has 0 unspecified atom stereocenters. The van der Waals surface area contributed by atoms with Gasteiger partial charge >= 0.3 is 0 Å². The van der Waals surface area contributed by atoms with E-state index in [9.17, 15) is 4.79 Å². The second-order valence-electron chi connectivity index (χ2n) is 7.26. The SMILES string of the molecule is Cc1c(C)n(Cc2ccccc2)c2ccc(C(=O)N/N=C\c3ccc(Cl)cc3)cc12. The van der Waals surface area contributed by atoms with Gasteiger partial charge in [0.15, 0.2) is 0 Å². The van der Waals surface area contributed by atoms with E-state index in [1.807, 2.05) is 36.4 Å². The molecule has 1 N–H and O–H groups in total. The molecule has 4 rings (SSSR count). The molecule has 0 radical (unpaired) electrons. The van der Waals surface area contributed by atoms with Crippen LogP contribution in [0, 0.1) is 13.8 Å². The Hall–Kier alpha value is -3.37. The molecule has 4 nitrogen and oxygen atoms in total. The van der Waals surface area contributed by atoms with Gasteiger partial charge in [-0.2, -0.15) is 5.10 Å². The average Bonchev–Trinajstić information content (AvgIpc) is 3.00. The van der Waals surface area contributed by atoms with E-state index in [2.05, 4.69) is 53.2 Å². The van der Waals surface area contributed by atoms with Crippen LogP contribution in [0.4, 0.5) is 0 Å². The zero-order chi connectivity index (χ0) is 21.1. The van der Waals surface area contributed by atoms with E-state index in [0.717, 1.165) is 23.0 Å². The van der Waals surface area contributed by atoms with Crippen molar-refractivity contribution in [1.29, 1.82) is 0 Å². The molecular formula is C25H22ClN3O. The first-order chi connectivity index (χ1) is 14.5. The van der Waals surface area contributed by atoms with Gasteiger partial charge in [0.05, 0.1) is 6.21 Å². The van der Waals surface area contributed by atoms with Crippen molar-refractivity contribution in [2.24, 2.45) is 5.10 Å². The first-order valence-electron chi connectivity index (χ1n) is 9.75. The largest absolute Gasteiger partial charge is 0.340 e. The van der Waals surface area contributed by atoms with Crippen LogP contribution >= 0.6 is 11.6 Å². The molecule has 0 bridgehead atoms. The summed E-state index contributed by atoms with van der Waals surface area (Å²) in [4.78, 5) is 12.6. The van der Waals surface area contributed by atoms with Crippen molar-refractivity contribution in [2.45, 2.75) is 20.4 Å². The number of hydrogen-bond acceptors (Lipinski definition) is 2. The summed E-state index contributed by atoms with van der Waals surface area (Å²) in [5, 5.41) is 5.80. The third kappa shape index (κ3) is 4.14. The lowest BCUT2D eigenvalue weighted by Gasteiger charge is -2.09. The number of carbonyl (C=O) groups is 1. The van der Waals surface area contributed by atoms with Gasteiger partial charge in [0.2, 0.25) is 0 Å². The van der Waals surface area contributed by atoms with Gasteiger partial charge in [0.1, 0.15) is 0 Å². The minimum absolute atomic E-state index is 0.241. The fraction of sp³-hybridized carbons (Fsp3) is 0.120. The second kappa shape index (κ2) is 8.56. The molecule has 5 heteroatoms. The van der Waals surface area contributed by atoms with Gasteiger partial charge in [-0.25, -0.2) is 5.43 Å². The molecule has 4 aromatic rings. The molecule has 0 aliphatic rings. The average molecular weight is 416 g/mol. The fourth-order valence-corrected chi connectivity index (χ4v) is 3.67. The molecule has 0 fully saturated rings. The topological polar surface area (TPSA) is 46.4 Å². The van der Waals surface area contributed by atoms with Crippen LogP contribution in [-0.4, -0.2) is 16.7 Å². The van der Waals surface area contributed by atoms with Crippen LogP contribution in [0.15, 0.2) is 77.9 Å². The lowest BCUT2D eigenvalue weighted by molar-refractivity contribution is 0.0955. The number of aryl methyl sites for hydroxylation is 1. The Kier molecular flexibility index (Phi) is 5.68. The lowest BCUT2D eigenvalue weighted by atomic mass is 10.1. The Morgan fingerprint density at radius 3 is 2.50 bits per heavy atom. The number of amides is 1. The van der Waals surface area contributed by atoms with Crippen molar-refractivity contribution in [3.8, 4) is 0 Å². The minimum Gasteiger partial charge on any atom is -0.340 e. The Labute approximate surface area is 180 Å². The monoisotopic (exact) mass is 415 g/mol. The molecule has 0 atom stereocenters. The van der Waals surface area contributed by atoms with Crippen LogP contribution < -0.4 is 5.43 Å². The molecule has 0 aliphatic heterocycles. The highest BCUT2D eigenvalue weighted by atomic mass is 35.5. The maximum Gasteiger partial charge on any atom is 0.271 e. The summed E-state index contributed by atoms with van der Waals surface area (Å²) in [6.07, 6.45) is 1.60. The number of nitrogens with zero attached hydrogens (tertiary/aromatic N) is 2. The minimum atomic E-state index is -0.241. The molecule has 1 amide bonds. The van der Waals surface area contributed by atoms with Crippen molar-refractivity contribution in [1.82, 2.24) is 9.99 Å². The van der Waals surface area contributed by atoms with Crippen LogP contribution in [0.25, 0.3) is 10.9 Å². The Balaban J connectivity index is 1.56. The third-order valence-electron chi connectivity index (χ3n) is 5.33. The number of aromatic nitrogens is 1. The van der Waals surface area contributed by atoms with Gasteiger partial charge in [0, 0.05) is 33.7 Å². The highest BCUT2D eigenvalue weighted by Crippen LogP contribution is 2.27. The Morgan fingerprint density at radius 1 is 1.03 bits per heavy atom. The van der Waals surface area contributed by atoms with Crippen molar-refractivity contribution in [3.63, 3.8) is 0 Å². The summed E-state index contributed by atoms with van der Waals surface area (Å²) in [6, 6.07) is 23.4. The maximum atomic E-state index is 12.6. The van der Waals surface area contributed by atoms with Gasteiger partial charge in [-0.15, -0.1) is 0 Å². The van der Waals surface area contributed by atoms with Crippen LogP contribution in [0.1, 0.15) is 32.7 Å². The number of fused-ring (bicyclic) bond motifs is 1. The molecule has 0 saturated carbocycles. The molecule has 1 heterocycles. The van der Waals surface area contributed by atoms with E-state index in [1.165, 1.54) is 16.8 Å². The Morgan fingerprint density at radius 2 is 1.77 bits per heavy atom. The van der Waals surface area contributed by atoms with Gasteiger partial charge < -0.3 is 4.57 Å². The van der Waals surface area contributed by atoms with Gasteiger partial charge in [-0.3, -0.25) is 4.79 Å². The van der Waals surface area contributed by atoms with E-state index in [4.69, 9.17) is 11.6 Å². The highest BCUT2D eigenvalue weighted by molar-refractivity contribution is 6.30. The maximum absolute atomic E-state index is 12.6. The number of hydrogen-bond donors (Lipinski definition) is 1. The Bertz CT molecular complexity index is 1220. The summed E-state index contributed by atoms with van der Waals surface area (Å²) in [7, 11) is 0. The first kappa shape index (κ1) is 19.9. The lowest BCUT2D eigenvalue weighted by Crippen LogP contribution is -2.17. The van der Waals surface area contributed by atoms with Crippen LogP contribution in [0.2, 0.25) is 5.02 Å². The van der Waals surface area contributed by atoms with Crippen molar-refractivity contribution >= 4 is 34.6 Å². The predicted octanol–water partition coefficient (Wildman–Crippen LogP) is 5.72. The smallest absolute Gasteiger partial charge is 0.271 e. The number of nitrogens with one attached hydrogen (secondary N) is 1.